The van der Waals surface area contributed by atoms with E-state index in [4.69, 9.17) is 16.3 Å². The molecule has 2 heterocycles. The average Bonchev–Trinajstić information content (AvgIpc) is 3.96. The molecule has 6 rings (SSSR count). The summed E-state index contributed by atoms with van der Waals surface area (Å²) in [6.45, 7) is -2.25. The molecule has 1 aliphatic carbocycles. The van der Waals surface area contributed by atoms with Gasteiger partial charge in [-0.15, -0.1) is 0 Å². The normalized spacial score (nSPS) is 13.4. The van der Waals surface area contributed by atoms with Gasteiger partial charge < -0.3 is 36.4 Å². The minimum absolute atomic E-state index is 0.0203. The van der Waals surface area contributed by atoms with Gasteiger partial charge in [0.05, 0.1) is 5.54 Å². The molecule has 3 aromatic carbocycles. The number of amides is 3. The number of halogens is 4. The van der Waals surface area contributed by atoms with Crippen LogP contribution >= 0.6 is 11.6 Å². The summed E-state index contributed by atoms with van der Waals surface area (Å²) < 4.78 is 43.7. The first-order valence-corrected chi connectivity index (χ1v) is 17.1. The van der Waals surface area contributed by atoms with Crippen LogP contribution in [0.2, 0.25) is 5.02 Å². The van der Waals surface area contributed by atoms with E-state index >= 15 is 0 Å². The molecule has 0 unspecified atom stereocenters. The summed E-state index contributed by atoms with van der Waals surface area (Å²) in [6.07, 6.45) is 0.0138. The molecular formula is C37H31ClF3N9O6. The number of nitrogens with one attached hydrogen (secondary N) is 5. The predicted octanol–water partition coefficient (Wildman–Crippen LogP) is 5.31. The van der Waals surface area contributed by atoms with E-state index in [0.717, 1.165) is 16.7 Å². The average molecular weight is 790 g/mol. The number of aromatic nitrogens is 4. The Morgan fingerprint density at radius 2 is 1.43 bits per heavy atom. The first-order valence-electron chi connectivity index (χ1n) is 16.8. The van der Waals surface area contributed by atoms with Crippen molar-refractivity contribution in [1.29, 1.82) is 0 Å². The molecule has 2 aromatic heterocycles. The number of anilines is 4. The minimum atomic E-state index is -4.65. The monoisotopic (exact) mass is 789 g/mol. The van der Waals surface area contributed by atoms with Crippen LogP contribution in [0, 0.1) is 0 Å². The number of aliphatic carboxylic acids is 1. The van der Waals surface area contributed by atoms with E-state index in [1.165, 1.54) is 24.3 Å². The molecule has 0 saturated heterocycles. The van der Waals surface area contributed by atoms with Crippen molar-refractivity contribution in [2.75, 3.05) is 29.1 Å². The predicted molar refractivity (Wildman–Crippen MR) is 197 cm³/mol. The molecule has 1 fully saturated rings. The Hall–Kier alpha value is -6.82. The zero-order valence-corrected chi connectivity index (χ0v) is 29.7. The Morgan fingerprint density at radius 1 is 0.804 bits per heavy atom. The van der Waals surface area contributed by atoms with Crippen LogP contribution in [-0.4, -0.2) is 74.1 Å². The Bertz CT molecular complexity index is 2210. The van der Waals surface area contributed by atoms with Crippen molar-refractivity contribution in [1.82, 2.24) is 30.6 Å². The lowest BCUT2D eigenvalue weighted by atomic mass is 10.1. The highest BCUT2D eigenvalue weighted by atomic mass is 35.5. The van der Waals surface area contributed by atoms with Gasteiger partial charge in [-0.05, 0) is 90.2 Å². The van der Waals surface area contributed by atoms with Gasteiger partial charge >= 0.3 is 30.0 Å². The van der Waals surface area contributed by atoms with Gasteiger partial charge in [0.15, 0.2) is 6.61 Å². The zero-order valence-electron chi connectivity index (χ0n) is 28.9. The second kappa shape index (κ2) is 16.7. The lowest BCUT2D eigenvalue weighted by molar-refractivity contribution is -0.154. The largest absolute Gasteiger partial charge is 0.480 e. The fourth-order valence-corrected chi connectivity index (χ4v) is 5.43. The van der Waals surface area contributed by atoms with Gasteiger partial charge in [-0.25, -0.2) is 4.79 Å². The third-order valence-electron chi connectivity index (χ3n) is 8.31. The molecule has 19 heteroatoms. The summed E-state index contributed by atoms with van der Waals surface area (Å²) in [7, 11) is 0. The maximum Gasteiger partial charge on any atom is 0.422 e. The van der Waals surface area contributed by atoms with Crippen LogP contribution in [0.3, 0.4) is 0 Å². The number of pyridine rings is 1. The Labute approximate surface area is 321 Å². The van der Waals surface area contributed by atoms with Gasteiger partial charge in [-0.2, -0.15) is 28.1 Å². The van der Waals surface area contributed by atoms with Gasteiger partial charge in [-0.3, -0.25) is 19.4 Å². The second-order valence-corrected chi connectivity index (χ2v) is 12.9. The Balaban J connectivity index is 1.05. The third-order valence-corrected chi connectivity index (χ3v) is 8.57. The van der Waals surface area contributed by atoms with E-state index in [2.05, 4.69) is 46.5 Å². The summed E-state index contributed by atoms with van der Waals surface area (Å²) in [5.41, 5.74) is 2.71. The Kier molecular flexibility index (Phi) is 11.6. The van der Waals surface area contributed by atoms with Crippen LogP contribution in [0.1, 0.15) is 28.8 Å². The molecule has 1 saturated carbocycles. The fraction of sp³-hybridized carbons (Fsp3) is 0.189. The first kappa shape index (κ1) is 38.9. The number of carboxylic acid groups (broad SMARTS) is 1. The van der Waals surface area contributed by atoms with Crippen molar-refractivity contribution in [3.63, 3.8) is 0 Å². The highest BCUT2D eigenvalue weighted by Gasteiger charge is 2.45. The number of hydrogen-bond donors (Lipinski definition) is 6. The number of carboxylic acids is 1. The molecule has 288 valence electrons. The van der Waals surface area contributed by atoms with Crippen LogP contribution in [0.5, 0.6) is 6.01 Å². The van der Waals surface area contributed by atoms with E-state index in [1.54, 1.807) is 48.8 Å². The first-order chi connectivity index (χ1) is 26.7. The third kappa shape index (κ3) is 10.4. The van der Waals surface area contributed by atoms with Crippen LogP contribution in [0.15, 0.2) is 97.3 Å². The zero-order chi connectivity index (χ0) is 39.9. The van der Waals surface area contributed by atoms with Crippen molar-refractivity contribution in [2.45, 2.75) is 30.6 Å². The number of alkyl halides is 3. The van der Waals surface area contributed by atoms with Gasteiger partial charge in [0, 0.05) is 40.9 Å². The van der Waals surface area contributed by atoms with Crippen LogP contribution in [0.4, 0.5) is 36.4 Å². The minimum Gasteiger partial charge on any atom is -0.480 e. The van der Waals surface area contributed by atoms with Gasteiger partial charge in [0.25, 0.3) is 5.91 Å². The van der Waals surface area contributed by atoms with Gasteiger partial charge in [-0.1, -0.05) is 35.9 Å². The highest BCUT2D eigenvalue weighted by Crippen LogP contribution is 2.48. The molecule has 6 N–H and O–H groups in total. The number of benzene rings is 3. The van der Waals surface area contributed by atoms with Crippen molar-refractivity contribution in [2.24, 2.45) is 0 Å². The summed E-state index contributed by atoms with van der Waals surface area (Å²) in [4.78, 5) is 66.0. The maximum absolute atomic E-state index is 12.9. The number of nitrogens with zero attached hydrogens (tertiary/aromatic N) is 4. The SMILES string of the molecule is O=C(NC[C@H](NC(=O)c1ccc(Nc2nc(NC3(c4ccc(Cl)cc4)CC3)nc(OCC(F)(F)F)n2)cc1)C(=O)O)C(=O)Nc1ccc(-c2ccncc2)cc1. The van der Waals surface area contributed by atoms with E-state index in [1.807, 2.05) is 24.3 Å². The van der Waals surface area contributed by atoms with Crippen molar-refractivity contribution in [3.8, 4) is 17.1 Å². The van der Waals surface area contributed by atoms with E-state index in [-0.39, 0.29) is 17.5 Å². The number of ether oxygens (including phenoxy) is 1. The molecule has 0 radical (unpaired) electrons. The molecule has 56 heavy (non-hydrogen) atoms. The van der Waals surface area contributed by atoms with E-state index in [9.17, 15) is 37.5 Å². The smallest absolute Gasteiger partial charge is 0.422 e. The van der Waals surface area contributed by atoms with Crippen molar-refractivity contribution in [3.05, 3.63) is 113 Å². The van der Waals surface area contributed by atoms with Crippen LogP contribution in [0.25, 0.3) is 11.1 Å². The fourth-order valence-electron chi connectivity index (χ4n) is 5.30. The van der Waals surface area contributed by atoms with Crippen molar-refractivity contribution < 1.29 is 42.2 Å². The van der Waals surface area contributed by atoms with Gasteiger partial charge in [0.1, 0.15) is 6.04 Å². The number of hydrogen-bond acceptors (Lipinski definition) is 11. The highest BCUT2D eigenvalue weighted by molar-refractivity contribution is 6.39. The summed E-state index contributed by atoms with van der Waals surface area (Å²) in [6, 6.07) is 20.7. The maximum atomic E-state index is 12.9. The van der Waals surface area contributed by atoms with Crippen molar-refractivity contribution >= 4 is 58.6 Å². The number of carbonyl (C=O) groups is 4. The number of carbonyl (C=O) groups excluding carboxylic acids is 3. The molecule has 0 bridgehead atoms. The van der Waals surface area contributed by atoms with E-state index < -0.39 is 60.6 Å². The molecule has 0 aliphatic heterocycles. The van der Waals surface area contributed by atoms with Crippen LogP contribution < -0.4 is 31.3 Å². The molecule has 3 amide bonds. The standard InChI is InChI=1S/C37H31ClF3N9O6/c38-25-7-5-24(6-8-25)36(15-16-36)50-34-47-33(48-35(49-34)56-20-37(39,40)41)45-27-11-3-23(4-12-27)29(51)46-28(32(54)55)19-43-30(52)31(53)44-26-9-1-21(2-10-26)22-13-17-42-18-14-22/h1-14,17-18,28H,15-16,19-20H2,(H,43,52)(H,44,53)(H,46,51)(H,54,55)(H2,45,47,48,49,50)/t28-/m0/s1. The van der Waals surface area contributed by atoms with E-state index in [0.29, 0.717) is 29.2 Å². The summed E-state index contributed by atoms with van der Waals surface area (Å²) in [5.74, 6) is -4.69. The molecule has 1 atom stereocenters. The lowest BCUT2D eigenvalue weighted by Gasteiger charge is -2.19. The molecule has 0 spiro atoms. The molecular weight excluding hydrogens is 759 g/mol. The second-order valence-electron chi connectivity index (χ2n) is 12.4. The summed E-state index contributed by atoms with van der Waals surface area (Å²) >= 11 is 6.02. The molecule has 1 aliphatic rings. The molecule has 5 aromatic rings. The summed E-state index contributed by atoms with van der Waals surface area (Å²) in [5, 5.41) is 23.1. The van der Waals surface area contributed by atoms with Gasteiger partial charge in [0.2, 0.25) is 11.9 Å². The van der Waals surface area contributed by atoms with Crippen LogP contribution in [-0.2, 0) is 19.9 Å². The number of rotatable bonds is 14. The molecule has 15 nitrogen and oxygen atoms in total. The Morgan fingerprint density at radius 3 is 2.05 bits per heavy atom. The topological polar surface area (TPSA) is 209 Å². The quantitative estimate of drug-likeness (QED) is 0.0791. The lowest BCUT2D eigenvalue weighted by Crippen LogP contribution is -2.50.